The lowest BCUT2D eigenvalue weighted by molar-refractivity contribution is -0.144. The molecule has 1 aromatic heterocycles. The van der Waals surface area contributed by atoms with Gasteiger partial charge in [0.15, 0.2) is 0 Å². The van der Waals surface area contributed by atoms with Crippen molar-refractivity contribution in [2.45, 2.75) is 26.8 Å². The smallest absolute Gasteiger partial charge is 0.320 e. The van der Waals surface area contributed by atoms with Gasteiger partial charge in [0.05, 0.1) is 13.2 Å². The average Bonchev–Trinajstić information content (AvgIpc) is 2.29. The highest BCUT2D eigenvalue weighted by Crippen LogP contribution is 2.11. The molecule has 1 aromatic rings. The van der Waals surface area contributed by atoms with Crippen LogP contribution in [0, 0.1) is 0 Å². The second kappa shape index (κ2) is 8.21. The molecule has 1 rings (SSSR count). The fraction of sp³-hybridized carbons (Fsp3) is 0.538. The Balaban J connectivity index is 2.59. The molecule has 4 nitrogen and oxygen atoms in total. The van der Waals surface area contributed by atoms with E-state index in [0.29, 0.717) is 19.7 Å². The highest BCUT2D eigenvalue weighted by Gasteiger charge is 2.11. The lowest BCUT2D eigenvalue weighted by atomic mass is 10.2. The van der Waals surface area contributed by atoms with E-state index in [-0.39, 0.29) is 5.97 Å². The maximum Gasteiger partial charge on any atom is 0.320 e. The van der Waals surface area contributed by atoms with Gasteiger partial charge in [-0.15, -0.1) is 0 Å². The van der Waals surface area contributed by atoms with Crippen LogP contribution in [-0.4, -0.2) is 35.5 Å². The van der Waals surface area contributed by atoms with Gasteiger partial charge in [-0.3, -0.25) is 14.7 Å². The van der Waals surface area contributed by atoms with E-state index < -0.39 is 0 Å². The molecule has 0 bridgehead atoms. The van der Waals surface area contributed by atoms with Crippen LogP contribution in [0.3, 0.4) is 0 Å². The number of carbonyl (C=O) groups excluding carboxylic acids is 1. The molecule has 100 valence electrons. The van der Waals surface area contributed by atoms with Crippen molar-refractivity contribution >= 4 is 21.9 Å². The largest absolute Gasteiger partial charge is 0.465 e. The van der Waals surface area contributed by atoms with Crippen molar-refractivity contribution in [2.24, 2.45) is 0 Å². The summed E-state index contributed by atoms with van der Waals surface area (Å²) < 4.78 is 5.93. The van der Waals surface area contributed by atoms with E-state index in [0.717, 1.165) is 23.0 Å². The van der Waals surface area contributed by atoms with Crippen LogP contribution in [0.5, 0.6) is 0 Å². The topological polar surface area (TPSA) is 42.4 Å². The Kier molecular flexibility index (Phi) is 6.90. The molecule has 0 fully saturated rings. The average molecular weight is 315 g/mol. The van der Waals surface area contributed by atoms with Gasteiger partial charge in [0.25, 0.3) is 0 Å². The maximum atomic E-state index is 11.5. The standard InChI is InChI=1S/C13H19BrN2O2/c1-3-5-16(10-13(17)18-4-2)9-11-6-12(14)8-15-7-11/h6-8H,3-5,9-10H2,1-2H3. The molecule has 0 saturated heterocycles. The van der Waals surface area contributed by atoms with Gasteiger partial charge in [-0.2, -0.15) is 0 Å². The number of ether oxygens (including phenoxy) is 1. The molecule has 0 N–H and O–H groups in total. The second-order valence-electron chi connectivity index (χ2n) is 4.03. The van der Waals surface area contributed by atoms with E-state index >= 15 is 0 Å². The molecule has 0 aromatic carbocycles. The van der Waals surface area contributed by atoms with Gasteiger partial charge in [0.2, 0.25) is 0 Å². The number of halogens is 1. The number of esters is 1. The Morgan fingerprint density at radius 1 is 1.44 bits per heavy atom. The lowest BCUT2D eigenvalue weighted by Crippen LogP contribution is -2.31. The van der Waals surface area contributed by atoms with Crippen LogP contribution in [-0.2, 0) is 16.1 Å². The quantitative estimate of drug-likeness (QED) is 0.726. The van der Waals surface area contributed by atoms with Crippen LogP contribution in [0.4, 0.5) is 0 Å². The molecule has 18 heavy (non-hydrogen) atoms. The van der Waals surface area contributed by atoms with E-state index in [2.05, 4.69) is 32.7 Å². The molecule has 0 aliphatic rings. The first kappa shape index (κ1) is 15.1. The summed E-state index contributed by atoms with van der Waals surface area (Å²) in [6.45, 7) is 6.24. The van der Waals surface area contributed by atoms with Crippen molar-refractivity contribution in [1.29, 1.82) is 0 Å². The number of carbonyl (C=O) groups is 1. The minimum atomic E-state index is -0.172. The number of pyridine rings is 1. The SMILES string of the molecule is CCCN(CC(=O)OCC)Cc1cncc(Br)c1. The van der Waals surface area contributed by atoms with Crippen LogP contribution in [0.2, 0.25) is 0 Å². The summed E-state index contributed by atoms with van der Waals surface area (Å²) in [4.78, 5) is 17.7. The molecule has 0 unspecified atom stereocenters. The Hall–Kier alpha value is -0.940. The highest BCUT2D eigenvalue weighted by molar-refractivity contribution is 9.10. The minimum Gasteiger partial charge on any atom is -0.465 e. The summed E-state index contributed by atoms with van der Waals surface area (Å²) >= 11 is 3.39. The molecular formula is C13H19BrN2O2. The summed E-state index contributed by atoms with van der Waals surface area (Å²) in [5.74, 6) is -0.172. The zero-order valence-electron chi connectivity index (χ0n) is 10.9. The van der Waals surface area contributed by atoms with Gasteiger partial charge in [-0.05, 0) is 47.4 Å². The fourth-order valence-electron chi connectivity index (χ4n) is 1.72. The molecule has 0 spiro atoms. The number of aromatic nitrogens is 1. The first-order valence-electron chi connectivity index (χ1n) is 6.13. The normalized spacial score (nSPS) is 10.7. The predicted octanol–water partition coefficient (Wildman–Crippen LogP) is 2.62. The summed E-state index contributed by atoms with van der Waals surface area (Å²) in [6, 6.07) is 2.01. The second-order valence-corrected chi connectivity index (χ2v) is 4.94. The fourth-order valence-corrected chi connectivity index (χ4v) is 2.13. The third-order valence-corrected chi connectivity index (χ3v) is 2.80. The van der Waals surface area contributed by atoms with Gasteiger partial charge in [0.1, 0.15) is 0 Å². The van der Waals surface area contributed by atoms with E-state index in [4.69, 9.17) is 4.74 Å². The molecule has 5 heteroatoms. The molecule has 0 aliphatic carbocycles. The zero-order valence-corrected chi connectivity index (χ0v) is 12.4. The zero-order chi connectivity index (χ0) is 13.4. The van der Waals surface area contributed by atoms with Crippen molar-refractivity contribution in [3.8, 4) is 0 Å². The first-order valence-corrected chi connectivity index (χ1v) is 6.92. The summed E-state index contributed by atoms with van der Waals surface area (Å²) in [5, 5.41) is 0. The van der Waals surface area contributed by atoms with Crippen molar-refractivity contribution in [3.63, 3.8) is 0 Å². The van der Waals surface area contributed by atoms with Gasteiger partial charge < -0.3 is 4.74 Å². The van der Waals surface area contributed by atoms with Crippen molar-refractivity contribution < 1.29 is 9.53 Å². The summed E-state index contributed by atoms with van der Waals surface area (Å²) in [6.07, 6.45) is 4.57. The van der Waals surface area contributed by atoms with Crippen LogP contribution in [0.15, 0.2) is 22.9 Å². The van der Waals surface area contributed by atoms with Crippen molar-refractivity contribution in [1.82, 2.24) is 9.88 Å². The van der Waals surface area contributed by atoms with Crippen LogP contribution in [0.25, 0.3) is 0 Å². The summed E-state index contributed by atoms with van der Waals surface area (Å²) in [5.41, 5.74) is 1.09. The Morgan fingerprint density at radius 3 is 2.83 bits per heavy atom. The van der Waals surface area contributed by atoms with Gasteiger partial charge in [-0.1, -0.05) is 6.92 Å². The van der Waals surface area contributed by atoms with E-state index in [9.17, 15) is 4.79 Å². The lowest BCUT2D eigenvalue weighted by Gasteiger charge is -2.20. The molecule has 0 radical (unpaired) electrons. The highest BCUT2D eigenvalue weighted by atomic mass is 79.9. The van der Waals surface area contributed by atoms with E-state index in [1.807, 2.05) is 19.2 Å². The number of hydrogen-bond donors (Lipinski definition) is 0. The Morgan fingerprint density at radius 2 is 2.22 bits per heavy atom. The number of hydrogen-bond acceptors (Lipinski definition) is 4. The van der Waals surface area contributed by atoms with E-state index in [1.54, 1.807) is 6.20 Å². The predicted molar refractivity (Wildman–Crippen MR) is 74.1 cm³/mol. The van der Waals surface area contributed by atoms with Crippen LogP contribution < -0.4 is 0 Å². The maximum absolute atomic E-state index is 11.5. The molecule has 0 saturated carbocycles. The Bertz CT molecular complexity index is 385. The van der Waals surface area contributed by atoms with Gasteiger partial charge in [0, 0.05) is 23.4 Å². The Labute approximate surface area is 116 Å². The van der Waals surface area contributed by atoms with E-state index in [1.165, 1.54) is 0 Å². The molecule has 0 amide bonds. The van der Waals surface area contributed by atoms with Crippen molar-refractivity contribution in [3.05, 3.63) is 28.5 Å². The number of rotatable bonds is 7. The number of nitrogens with zero attached hydrogens (tertiary/aromatic N) is 2. The van der Waals surface area contributed by atoms with Crippen LogP contribution >= 0.6 is 15.9 Å². The molecule has 0 atom stereocenters. The minimum absolute atomic E-state index is 0.172. The molecule has 0 aliphatic heterocycles. The third kappa shape index (κ3) is 5.60. The monoisotopic (exact) mass is 314 g/mol. The van der Waals surface area contributed by atoms with Crippen LogP contribution in [0.1, 0.15) is 25.8 Å². The molecule has 1 heterocycles. The van der Waals surface area contributed by atoms with Crippen molar-refractivity contribution in [2.75, 3.05) is 19.7 Å². The summed E-state index contributed by atoms with van der Waals surface area (Å²) in [7, 11) is 0. The van der Waals surface area contributed by atoms with Gasteiger partial charge in [-0.25, -0.2) is 0 Å². The molecular weight excluding hydrogens is 296 g/mol. The third-order valence-electron chi connectivity index (χ3n) is 2.37. The first-order chi connectivity index (χ1) is 8.65. The van der Waals surface area contributed by atoms with Gasteiger partial charge >= 0.3 is 5.97 Å².